The number of nitrogens with zero attached hydrogens (tertiary/aromatic N) is 4. The summed E-state index contributed by atoms with van der Waals surface area (Å²) in [5.74, 6) is -1.33. The second kappa shape index (κ2) is 11.9. The van der Waals surface area contributed by atoms with Gasteiger partial charge in [0.1, 0.15) is 4.88 Å². The first-order valence-electron chi connectivity index (χ1n) is 11.0. The minimum atomic E-state index is -4.52. The minimum absolute atomic E-state index is 0.104. The first kappa shape index (κ1) is 27.7. The fraction of sp³-hybridized carbons (Fsp3) is 0.292. The lowest BCUT2D eigenvalue weighted by Crippen LogP contribution is -2.18. The molecular formula is C24H25F3N6O3S. The van der Waals surface area contributed by atoms with Crippen LogP contribution in [0, 0.1) is 0 Å². The van der Waals surface area contributed by atoms with Crippen LogP contribution in [-0.4, -0.2) is 59.4 Å². The third kappa shape index (κ3) is 7.57. The topological polar surface area (TPSA) is 109 Å². The third-order valence-corrected chi connectivity index (χ3v) is 5.96. The van der Waals surface area contributed by atoms with Gasteiger partial charge in [-0.15, -0.1) is 0 Å². The summed E-state index contributed by atoms with van der Waals surface area (Å²) in [6.07, 6.45) is 0.712. The van der Waals surface area contributed by atoms with Crippen molar-refractivity contribution in [1.82, 2.24) is 19.9 Å². The highest BCUT2D eigenvalue weighted by molar-refractivity contribution is 7.15. The molecule has 9 nitrogen and oxygen atoms in total. The molecule has 0 unspecified atom stereocenters. The highest BCUT2D eigenvalue weighted by atomic mass is 32.1. The molecule has 2 amide bonds. The Hall–Kier alpha value is -3.84. The van der Waals surface area contributed by atoms with E-state index in [0.717, 1.165) is 0 Å². The number of ether oxygens (including phenoxy) is 1. The summed E-state index contributed by atoms with van der Waals surface area (Å²) in [5.41, 5.74) is 1.66. The van der Waals surface area contributed by atoms with Gasteiger partial charge in [-0.25, -0.2) is 15.0 Å². The van der Waals surface area contributed by atoms with E-state index in [1.807, 2.05) is 19.0 Å². The Morgan fingerprint density at radius 1 is 1.19 bits per heavy atom. The Morgan fingerprint density at radius 2 is 1.95 bits per heavy atom. The Kier molecular flexibility index (Phi) is 8.95. The van der Waals surface area contributed by atoms with Crippen molar-refractivity contribution in [3.8, 4) is 17.1 Å². The number of hydrogen-bond donors (Lipinski definition) is 2. The summed E-state index contributed by atoms with van der Waals surface area (Å²) < 4.78 is 43.7. The van der Waals surface area contributed by atoms with Crippen LogP contribution in [0.1, 0.15) is 23.3 Å². The molecule has 0 fully saturated rings. The van der Waals surface area contributed by atoms with Crippen LogP contribution >= 0.6 is 11.3 Å². The fourth-order valence-electron chi connectivity index (χ4n) is 3.06. The maximum Gasteiger partial charge on any atom is 0.427 e. The SMILES string of the molecule is COc1nc(-c2cccc([C@H](C)C(=O)Nc3ncc(C(F)(F)F)s3)c2)cnc1NC(=O)/C=C/CN(C)C. The smallest absolute Gasteiger partial charge is 0.427 e. The number of anilines is 2. The predicted molar refractivity (Wildman–Crippen MR) is 135 cm³/mol. The van der Waals surface area contributed by atoms with E-state index in [1.54, 1.807) is 37.3 Å². The van der Waals surface area contributed by atoms with E-state index in [0.29, 0.717) is 40.9 Å². The van der Waals surface area contributed by atoms with Crippen LogP contribution in [0.15, 0.2) is 48.8 Å². The largest absolute Gasteiger partial charge is 0.478 e. The van der Waals surface area contributed by atoms with Crippen molar-refractivity contribution in [2.75, 3.05) is 38.4 Å². The average molecular weight is 535 g/mol. The molecule has 0 radical (unpaired) electrons. The van der Waals surface area contributed by atoms with E-state index < -0.39 is 22.9 Å². The molecule has 0 bridgehead atoms. The zero-order chi connectivity index (χ0) is 27.2. The second-order valence-corrected chi connectivity index (χ2v) is 9.16. The summed E-state index contributed by atoms with van der Waals surface area (Å²) in [7, 11) is 5.16. The van der Waals surface area contributed by atoms with Crippen LogP contribution in [0.2, 0.25) is 0 Å². The number of nitrogens with one attached hydrogen (secondary N) is 2. The number of carbonyl (C=O) groups is 2. The zero-order valence-electron chi connectivity index (χ0n) is 20.5. The number of amides is 2. The van der Waals surface area contributed by atoms with Gasteiger partial charge in [-0.05, 0) is 32.6 Å². The van der Waals surface area contributed by atoms with E-state index in [9.17, 15) is 22.8 Å². The molecule has 0 saturated heterocycles. The summed E-state index contributed by atoms with van der Waals surface area (Å²) in [6.45, 7) is 2.22. The number of thiazole rings is 1. The van der Waals surface area contributed by atoms with Crippen LogP contribution < -0.4 is 15.4 Å². The Labute approximate surface area is 215 Å². The number of hydrogen-bond acceptors (Lipinski definition) is 8. The van der Waals surface area contributed by atoms with E-state index in [1.165, 1.54) is 19.4 Å². The lowest BCUT2D eigenvalue weighted by molar-refractivity contribution is -0.134. The lowest BCUT2D eigenvalue weighted by atomic mass is 9.97. The van der Waals surface area contributed by atoms with Crippen LogP contribution in [0.5, 0.6) is 5.88 Å². The fourth-order valence-corrected chi connectivity index (χ4v) is 3.75. The maximum atomic E-state index is 12.8. The van der Waals surface area contributed by atoms with Gasteiger partial charge < -0.3 is 20.3 Å². The van der Waals surface area contributed by atoms with Gasteiger partial charge >= 0.3 is 6.18 Å². The minimum Gasteiger partial charge on any atom is -0.478 e. The van der Waals surface area contributed by atoms with Crippen LogP contribution in [0.25, 0.3) is 11.3 Å². The van der Waals surface area contributed by atoms with Gasteiger partial charge in [0, 0.05) is 18.2 Å². The molecule has 0 aliphatic rings. The van der Waals surface area contributed by atoms with Crippen molar-refractivity contribution < 1.29 is 27.5 Å². The molecule has 3 aromatic rings. The summed E-state index contributed by atoms with van der Waals surface area (Å²) in [5, 5.41) is 4.92. The monoisotopic (exact) mass is 534 g/mol. The Balaban J connectivity index is 1.74. The number of carbonyl (C=O) groups excluding carboxylic acids is 2. The van der Waals surface area contributed by atoms with Crippen molar-refractivity contribution in [3.05, 3.63) is 59.3 Å². The number of alkyl halides is 3. The van der Waals surface area contributed by atoms with Crippen LogP contribution in [0.4, 0.5) is 24.1 Å². The number of rotatable bonds is 9. The zero-order valence-corrected chi connectivity index (χ0v) is 21.3. The van der Waals surface area contributed by atoms with E-state index in [-0.39, 0.29) is 22.7 Å². The molecule has 0 aliphatic heterocycles. The first-order chi connectivity index (χ1) is 17.5. The molecule has 1 atom stereocenters. The van der Waals surface area contributed by atoms with Gasteiger partial charge in [0.05, 0.1) is 31.1 Å². The summed E-state index contributed by atoms with van der Waals surface area (Å²) in [4.78, 5) is 38.1. The third-order valence-electron chi connectivity index (χ3n) is 5.01. The van der Waals surface area contributed by atoms with Crippen molar-refractivity contribution >= 4 is 34.1 Å². The Morgan fingerprint density at radius 3 is 2.59 bits per heavy atom. The average Bonchev–Trinajstić information content (AvgIpc) is 3.33. The van der Waals surface area contributed by atoms with Gasteiger partial charge in [0.15, 0.2) is 10.9 Å². The molecular weight excluding hydrogens is 509 g/mol. The highest BCUT2D eigenvalue weighted by Crippen LogP contribution is 2.35. The molecule has 0 saturated carbocycles. The van der Waals surface area contributed by atoms with E-state index >= 15 is 0 Å². The summed E-state index contributed by atoms with van der Waals surface area (Å²) >= 11 is 0.359. The standard InChI is InChI=1S/C24H25F3N6O3S/c1-14(21(35)32-23-29-13-18(37-23)24(25,26)27)15-7-5-8-16(11-15)17-12-28-20(22(30-17)36-4)31-19(34)9-6-10-33(2)3/h5-9,11-14H,10H2,1-4H3,(H,28,31,34)(H,29,32,35)/b9-6+/t14-/m0/s1. The molecule has 3 rings (SSSR count). The van der Waals surface area contributed by atoms with Crippen LogP contribution in [0.3, 0.4) is 0 Å². The van der Waals surface area contributed by atoms with Crippen molar-refractivity contribution in [2.24, 2.45) is 0 Å². The Bertz CT molecular complexity index is 1290. The maximum absolute atomic E-state index is 12.8. The number of likely N-dealkylation sites (N-methyl/N-ethyl adjacent to an activating group) is 1. The lowest BCUT2D eigenvalue weighted by Gasteiger charge is -2.13. The molecule has 13 heteroatoms. The van der Waals surface area contributed by atoms with Gasteiger partial charge in [-0.2, -0.15) is 13.2 Å². The van der Waals surface area contributed by atoms with Crippen molar-refractivity contribution in [3.63, 3.8) is 0 Å². The number of methoxy groups -OCH3 is 1. The van der Waals surface area contributed by atoms with Gasteiger partial charge in [-0.1, -0.05) is 35.6 Å². The van der Waals surface area contributed by atoms with Crippen molar-refractivity contribution in [2.45, 2.75) is 19.0 Å². The molecule has 1 aromatic carbocycles. The highest BCUT2D eigenvalue weighted by Gasteiger charge is 2.33. The molecule has 2 heterocycles. The van der Waals surface area contributed by atoms with Gasteiger partial charge in [0.2, 0.25) is 11.8 Å². The molecule has 2 N–H and O–H groups in total. The van der Waals surface area contributed by atoms with Gasteiger partial charge in [0.25, 0.3) is 5.88 Å². The molecule has 2 aromatic heterocycles. The van der Waals surface area contributed by atoms with Crippen molar-refractivity contribution in [1.29, 1.82) is 0 Å². The van der Waals surface area contributed by atoms with E-state index in [2.05, 4.69) is 25.6 Å². The summed E-state index contributed by atoms with van der Waals surface area (Å²) in [6, 6.07) is 6.92. The normalized spacial score (nSPS) is 12.5. The second-order valence-electron chi connectivity index (χ2n) is 8.13. The molecule has 0 aliphatic carbocycles. The van der Waals surface area contributed by atoms with Gasteiger partial charge in [-0.3, -0.25) is 9.59 Å². The number of benzene rings is 1. The molecule has 0 spiro atoms. The van der Waals surface area contributed by atoms with Crippen LogP contribution in [-0.2, 0) is 15.8 Å². The molecule has 196 valence electrons. The molecule has 37 heavy (non-hydrogen) atoms. The quantitative estimate of drug-likeness (QED) is 0.391. The predicted octanol–water partition coefficient (Wildman–Crippen LogP) is 4.43. The first-order valence-corrected chi connectivity index (χ1v) is 11.8. The van der Waals surface area contributed by atoms with E-state index in [4.69, 9.17) is 4.74 Å². The number of halogens is 3. The number of aromatic nitrogens is 3.